The molecule has 5 aromatic rings. The third kappa shape index (κ3) is 4.00. The molecule has 0 spiro atoms. The van der Waals surface area contributed by atoms with Gasteiger partial charge in [-0.1, -0.05) is 40.9 Å². The minimum atomic E-state index is -0.531. The van der Waals surface area contributed by atoms with Crippen molar-refractivity contribution in [3.63, 3.8) is 0 Å². The summed E-state index contributed by atoms with van der Waals surface area (Å²) in [5, 5.41) is 9.63. The summed E-state index contributed by atoms with van der Waals surface area (Å²) in [6.45, 7) is 0.307. The average molecular weight is 515 g/mol. The van der Waals surface area contributed by atoms with E-state index in [0.29, 0.717) is 38.9 Å². The van der Waals surface area contributed by atoms with Crippen molar-refractivity contribution in [2.75, 3.05) is 7.11 Å². The summed E-state index contributed by atoms with van der Waals surface area (Å²) in [4.78, 5) is 21.4. The van der Waals surface area contributed by atoms with Crippen molar-refractivity contribution < 1.29 is 13.9 Å². The van der Waals surface area contributed by atoms with Crippen LogP contribution < -0.4 is 4.74 Å². The Labute approximate surface area is 208 Å². The first-order chi connectivity index (χ1) is 16.5. The third-order valence-corrected chi connectivity index (χ3v) is 6.18. The van der Waals surface area contributed by atoms with Gasteiger partial charge in [-0.15, -0.1) is 10.2 Å². The van der Waals surface area contributed by atoms with Crippen molar-refractivity contribution in [1.82, 2.24) is 24.7 Å². The van der Waals surface area contributed by atoms with Crippen molar-refractivity contribution in [2.24, 2.45) is 0 Å². The molecule has 0 aliphatic rings. The SMILES string of the molecule is COc1ccc2c(c1)c(C(=O)c1nnc(-c3ccncn3)o1)c(Cl)n2Cc1ccc(Cl)cc1Cl. The summed E-state index contributed by atoms with van der Waals surface area (Å²) < 4.78 is 12.7. The maximum atomic E-state index is 13.5. The Morgan fingerprint density at radius 3 is 2.68 bits per heavy atom. The van der Waals surface area contributed by atoms with E-state index in [0.717, 1.165) is 5.56 Å². The van der Waals surface area contributed by atoms with E-state index in [1.807, 2.05) is 12.1 Å². The number of halogens is 3. The molecule has 170 valence electrons. The predicted molar refractivity (Wildman–Crippen MR) is 128 cm³/mol. The zero-order valence-corrected chi connectivity index (χ0v) is 19.8. The number of aromatic nitrogens is 5. The Balaban J connectivity index is 1.62. The highest BCUT2D eigenvalue weighted by Gasteiger charge is 2.27. The molecule has 0 N–H and O–H groups in total. The third-order valence-electron chi connectivity index (χ3n) is 5.20. The molecule has 11 heteroatoms. The lowest BCUT2D eigenvalue weighted by Gasteiger charge is -2.10. The lowest BCUT2D eigenvalue weighted by atomic mass is 10.1. The van der Waals surface area contributed by atoms with Crippen LogP contribution >= 0.6 is 34.8 Å². The fourth-order valence-electron chi connectivity index (χ4n) is 3.56. The summed E-state index contributed by atoms with van der Waals surface area (Å²) in [7, 11) is 1.54. The van der Waals surface area contributed by atoms with Gasteiger partial charge in [-0.3, -0.25) is 4.79 Å². The van der Waals surface area contributed by atoms with Crippen LogP contribution in [-0.4, -0.2) is 37.6 Å². The molecule has 0 radical (unpaired) electrons. The van der Waals surface area contributed by atoms with Crippen molar-refractivity contribution in [2.45, 2.75) is 6.54 Å². The Bertz CT molecular complexity index is 1530. The number of ketones is 1. The van der Waals surface area contributed by atoms with Crippen LogP contribution in [0.15, 0.2) is 59.4 Å². The van der Waals surface area contributed by atoms with E-state index in [9.17, 15) is 4.79 Å². The highest BCUT2D eigenvalue weighted by molar-refractivity contribution is 6.37. The van der Waals surface area contributed by atoms with Gasteiger partial charge in [0, 0.05) is 21.6 Å². The van der Waals surface area contributed by atoms with Gasteiger partial charge in [0.05, 0.1) is 24.7 Å². The summed E-state index contributed by atoms with van der Waals surface area (Å²) in [6.07, 6.45) is 2.88. The van der Waals surface area contributed by atoms with Crippen molar-refractivity contribution in [1.29, 1.82) is 0 Å². The molecule has 2 aromatic carbocycles. The smallest absolute Gasteiger partial charge is 0.289 e. The Morgan fingerprint density at radius 1 is 1.09 bits per heavy atom. The van der Waals surface area contributed by atoms with Crippen LogP contribution in [0, 0.1) is 0 Å². The minimum Gasteiger partial charge on any atom is -0.497 e. The zero-order chi connectivity index (χ0) is 23.8. The van der Waals surface area contributed by atoms with Gasteiger partial charge < -0.3 is 13.7 Å². The first kappa shape index (κ1) is 22.3. The van der Waals surface area contributed by atoms with Gasteiger partial charge in [-0.25, -0.2) is 9.97 Å². The number of nitrogens with zero attached hydrogens (tertiary/aromatic N) is 5. The topological polar surface area (TPSA) is 95.9 Å². The second-order valence-electron chi connectivity index (χ2n) is 7.21. The quantitative estimate of drug-likeness (QED) is 0.267. The average Bonchev–Trinajstić information content (AvgIpc) is 3.44. The van der Waals surface area contributed by atoms with Crippen molar-refractivity contribution >= 4 is 51.5 Å². The molecule has 0 saturated carbocycles. The molecule has 0 unspecified atom stereocenters. The number of methoxy groups -OCH3 is 1. The van der Waals surface area contributed by atoms with Crippen LogP contribution in [0.5, 0.6) is 5.75 Å². The van der Waals surface area contributed by atoms with Gasteiger partial charge in [-0.2, -0.15) is 0 Å². The molecule has 0 saturated heterocycles. The van der Waals surface area contributed by atoms with E-state index in [1.54, 1.807) is 42.0 Å². The molecule has 3 heterocycles. The number of carbonyl (C=O) groups is 1. The van der Waals surface area contributed by atoms with Crippen molar-refractivity contribution in [3.8, 4) is 17.3 Å². The largest absolute Gasteiger partial charge is 0.497 e. The molecule has 8 nitrogen and oxygen atoms in total. The van der Waals surface area contributed by atoms with Crippen LogP contribution in [0.4, 0.5) is 0 Å². The molecule has 0 atom stereocenters. The van der Waals surface area contributed by atoms with Crippen molar-refractivity contribution in [3.05, 3.63) is 87.2 Å². The maximum absolute atomic E-state index is 13.5. The fraction of sp³-hybridized carbons (Fsp3) is 0.0870. The van der Waals surface area contributed by atoms with E-state index in [-0.39, 0.29) is 22.5 Å². The van der Waals surface area contributed by atoms with Gasteiger partial charge in [0.25, 0.3) is 17.6 Å². The molecule has 0 aliphatic heterocycles. The van der Waals surface area contributed by atoms with Crippen LogP contribution in [0.3, 0.4) is 0 Å². The van der Waals surface area contributed by atoms with Gasteiger partial charge >= 0.3 is 0 Å². The molecule has 0 fully saturated rings. The molecular weight excluding hydrogens is 501 g/mol. The lowest BCUT2D eigenvalue weighted by Crippen LogP contribution is -2.04. The number of fused-ring (bicyclic) bond motifs is 1. The number of benzene rings is 2. The van der Waals surface area contributed by atoms with E-state index in [2.05, 4.69) is 20.2 Å². The minimum absolute atomic E-state index is 0.0936. The number of rotatable bonds is 6. The number of hydrogen-bond donors (Lipinski definition) is 0. The standard InChI is InChI=1S/C23H14Cl3N5O3/c1-33-14-4-5-18-15(9-14)19(21(26)31(18)10-12-2-3-13(24)8-16(12)25)20(32)23-30-29-22(34-23)17-6-7-27-11-28-17/h2-9,11H,10H2,1H3. The zero-order valence-electron chi connectivity index (χ0n) is 17.5. The molecule has 0 amide bonds. The summed E-state index contributed by atoms with van der Waals surface area (Å²) in [5.74, 6) is -0.0952. The number of hydrogen-bond acceptors (Lipinski definition) is 7. The van der Waals surface area contributed by atoms with Gasteiger partial charge in [-0.05, 0) is 42.0 Å². The number of carbonyl (C=O) groups excluding carboxylic acids is 1. The van der Waals surface area contributed by atoms with Crippen LogP contribution in [0.1, 0.15) is 21.8 Å². The first-order valence-corrected chi connectivity index (χ1v) is 11.0. The monoisotopic (exact) mass is 513 g/mol. The van der Waals surface area contributed by atoms with E-state index in [4.69, 9.17) is 44.0 Å². The molecule has 34 heavy (non-hydrogen) atoms. The normalized spacial score (nSPS) is 11.2. The van der Waals surface area contributed by atoms with E-state index < -0.39 is 5.78 Å². The van der Waals surface area contributed by atoms with Crippen LogP contribution in [0.2, 0.25) is 15.2 Å². The van der Waals surface area contributed by atoms with Crippen LogP contribution in [-0.2, 0) is 6.54 Å². The summed E-state index contributed by atoms with van der Waals surface area (Å²) in [6, 6.07) is 12.1. The molecule has 5 rings (SSSR count). The first-order valence-electron chi connectivity index (χ1n) is 9.90. The lowest BCUT2D eigenvalue weighted by molar-refractivity contribution is 0.100. The van der Waals surface area contributed by atoms with Crippen LogP contribution in [0.25, 0.3) is 22.5 Å². The summed E-state index contributed by atoms with van der Waals surface area (Å²) in [5.41, 5.74) is 2.09. The molecule has 0 aliphatic carbocycles. The second kappa shape index (κ2) is 9.06. The van der Waals surface area contributed by atoms with Gasteiger partial charge in [0.15, 0.2) is 0 Å². The molecule has 3 aromatic heterocycles. The molecular formula is C23H14Cl3N5O3. The van der Waals surface area contributed by atoms with Gasteiger partial charge in [0.2, 0.25) is 0 Å². The Hall–Kier alpha value is -3.46. The Morgan fingerprint density at radius 2 is 1.94 bits per heavy atom. The highest BCUT2D eigenvalue weighted by atomic mass is 35.5. The summed E-state index contributed by atoms with van der Waals surface area (Å²) >= 11 is 19.2. The van der Waals surface area contributed by atoms with E-state index >= 15 is 0 Å². The molecule has 0 bridgehead atoms. The highest BCUT2D eigenvalue weighted by Crippen LogP contribution is 2.36. The maximum Gasteiger partial charge on any atom is 0.289 e. The predicted octanol–water partition coefficient (Wildman–Crippen LogP) is 5.73. The fourth-order valence-corrected chi connectivity index (χ4v) is 4.37. The number of ether oxygens (including phenoxy) is 1. The van der Waals surface area contributed by atoms with E-state index in [1.165, 1.54) is 12.5 Å². The Kier molecular flexibility index (Phi) is 5.95. The second-order valence-corrected chi connectivity index (χ2v) is 8.41. The van der Waals surface area contributed by atoms with Gasteiger partial charge in [0.1, 0.15) is 22.9 Å².